The number of ether oxygens (including phenoxy) is 1. The molecule has 1 aliphatic heterocycles. The van der Waals surface area contributed by atoms with E-state index in [9.17, 15) is 19.2 Å². The smallest absolute Gasteiger partial charge is 0.407 e. The van der Waals surface area contributed by atoms with E-state index in [0.29, 0.717) is 36.6 Å². The fraction of sp³-hybridized carbons (Fsp3) is 0.476. The number of pyridine rings is 1. The number of tetrazole rings is 1. The molecule has 1 saturated heterocycles. The van der Waals surface area contributed by atoms with Crippen molar-refractivity contribution in [3.8, 4) is 22.5 Å². The third-order valence-electron chi connectivity index (χ3n) is 10.6. The van der Waals surface area contributed by atoms with E-state index in [4.69, 9.17) is 4.74 Å². The Morgan fingerprint density at radius 1 is 0.895 bits per heavy atom. The monoisotopic (exact) mass is 778 g/mol. The molecule has 1 saturated carbocycles. The topological polar surface area (TPSA) is 196 Å². The second-order valence-corrected chi connectivity index (χ2v) is 16.2. The highest BCUT2D eigenvalue weighted by molar-refractivity contribution is 5.98. The molecule has 15 nitrogen and oxygen atoms in total. The molecule has 1 atom stereocenters. The lowest BCUT2D eigenvalue weighted by Gasteiger charge is -2.29. The molecule has 2 aliphatic rings. The van der Waals surface area contributed by atoms with Gasteiger partial charge in [0.15, 0.2) is 0 Å². The third kappa shape index (κ3) is 11.7. The molecule has 0 bridgehead atoms. The van der Waals surface area contributed by atoms with Gasteiger partial charge < -0.3 is 30.9 Å². The van der Waals surface area contributed by atoms with Gasteiger partial charge in [-0.1, -0.05) is 30.3 Å². The summed E-state index contributed by atoms with van der Waals surface area (Å²) < 4.78 is 5.36. The highest BCUT2D eigenvalue weighted by Crippen LogP contribution is 2.29. The Morgan fingerprint density at radius 3 is 2.21 bits per heavy atom. The van der Waals surface area contributed by atoms with E-state index in [1.165, 1.54) is 0 Å². The van der Waals surface area contributed by atoms with Crippen LogP contribution >= 0.6 is 0 Å². The highest BCUT2D eigenvalue weighted by atomic mass is 16.6. The number of H-pyrrole nitrogens is 1. The van der Waals surface area contributed by atoms with Crippen molar-refractivity contribution in [2.75, 3.05) is 32.0 Å². The first-order chi connectivity index (χ1) is 27.3. The minimum Gasteiger partial charge on any atom is -0.444 e. The molecule has 302 valence electrons. The lowest BCUT2D eigenvalue weighted by molar-refractivity contribution is -0.130. The molecule has 2 aromatic heterocycles. The zero-order valence-electron chi connectivity index (χ0n) is 33.4. The minimum atomic E-state index is -0.849. The standard InChI is InChI=1S/C42H54N10O5/c1-26-34(18-19-35(44-26)39(54)46-33-20-22-52(5)23-21-33)29-10-6-27(7-11-29)24-36(40(55)45-32-16-14-30(15-17-32)37-48-50-51-49-37)47-38(53)31-12-8-28(9-13-31)25-43-41(56)57-42(2,3)4/h6-7,10-11,14-19,28,31,33,36H,8-9,12-13,20-25H2,1-5H3,(H,43,56)(H,45,55)(H,46,54)(H,47,53)(H,48,49,50,51)/t28?,31?,36-/m0/s1. The van der Waals surface area contributed by atoms with Crippen molar-refractivity contribution in [3.05, 3.63) is 77.6 Å². The predicted molar refractivity (Wildman–Crippen MR) is 216 cm³/mol. The summed E-state index contributed by atoms with van der Waals surface area (Å²) in [5.74, 6) is -0.242. The molecule has 57 heavy (non-hydrogen) atoms. The number of hydrogen-bond donors (Lipinski definition) is 5. The summed E-state index contributed by atoms with van der Waals surface area (Å²) in [4.78, 5) is 59.6. The minimum absolute atomic E-state index is 0.150. The lowest BCUT2D eigenvalue weighted by Crippen LogP contribution is -2.48. The Morgan fingerprint density at radius 2 is 1.58 bits per heavy atom. The lowest BCUT2D eigenvalue weighted by atomic mass is 9.81. The molecule has 2 fully saturated rings. The van der Waals surface area contributed by atoms with Crippen LogP contribution in [0.2, 0.25) is 0 Å². The van der Waals surface area contributed by atoms with Crippen molar-refractivity contribution in [2.24, 2.45) is 11.8 Å². The van der Waals surface area contributed by atoms with Gasteiger partial charge in [0.1, 0.15) is 17.3 Å². The van der Waals surface area contributed by atoms with Gasteiger partial charge >= 0.3 is 6.09 Å². The van der Waals surface area contributed by atoms with E-state index in [1.54, 1.807) is 30.3 Å². The molecule has 2 aromatic carbocycles. The van der Waals surface area contributed by atoms with Crippen LogP contribution in [0, 0.1) is 18.8 Å². The van der Waals surface area contributed by atoms with Gasteiger partial charge in [-0.25, -0.2) is 9.78 Å². The molecule has 6 rings (SSSR count). The number of nitrogens with zero attached hydrogens (tertiary/aromatic N) is 5. The summed E-state index contributed by atoms with van der Waals surface area (Å²) in [5, 5.41) is 26.0. The fourth-order valence-corrected chi connectivity index (χ4v) is 7.35. The Bertz CT molecular complexity index is 1980. The Labute approximate surface area is 333 Å². The third-order valence-corrected chi connectivity index (χ3v) is 10.6. The van der Waals surface area contributed by atoms with Crippen LogP contribution in [0.4, 0.5) is 10.5 Å². The second kappa shape index (κ2) is 18.5. The van der Waals surface area contributed by atoms with Gasteiger partial charge in [0.2, 0.25) is 17.6 Å². The highest BCUT2D eigenvalue weighted by Gasteiger charge is 2.30. The largest absolute Gasteiger partial charge is 0.444 e. The van der Waals surface area contributed by atoms with E-state index < -0.39 is 17.7 Å². The van der Waals surface area contributed by atoms with E-state index in [1.807, 2.05) is 58.0 Å². The predicted octanol–water partition coefficient (Wildman–Crippen LogP) is 5.06. The van der Waals surface area contributed by atoms with Gasteiger partial charge in [-0.05, 0) is 139 Å². The number of anilines is 1. The quantitative estimate of drug-likeness (QED) is 0.130. The summed E-state index contributed by atoms with van der Waals surface area (Å²) >= 11 is 0. The van der Waals surface area contributed by atoms with Crippen LogP contribution in [-0.4, -0.2) is 98.7 Å². The van der Waals surface area contributed by atoms with Gasteiger partial charge in [0.25, 0.3) is 5.91 Å². The van der Waals surface area contributed by atoms with Crippen molar-refractivity contribution in [3.63, 3.8) is 0 Å². The number of amides is 4. The normalized spacial score (nSPS) is 18.3. The number of rotatable bonds is 12. The first-order valence-corrected chi connectivity index (χ1v) is 19.8. The van der Waals surface area contributed by atoms with E-state index in [-0.39, 0.29) is 42.0 Å². The number of nitrogens with one attached hydrogen (secondary N) is 5. The molecule has 4 aromatic rings. The Balaban J connectivity index is 1.10. The summed E-state index contributed by atoms with van der Waals surface area (Å²) in [7, 11) is 2.09. The van der Waals surface area contributed by atoms with Crippen molar-refractivity contribution < 1.29 is 23.9 Å². The van der Waals surface area contributed by atoms with E-state index in [2.05, 4.69) is 58.8 Å². The molecule has 0 spiro atoms. The fourth-order valence-electron chi connectivity index (χ4n) is 7.35. The van der Waals surface area contributed by atoms with Crippen molar-refractivity contribution in [1.29, 1.82) is 0 Å². The number of likely N-dealkylation sites (tertiary alicyclic amines) is 1. The van der Waals surface area contributed by atoms with Gasteiger partial charge in [-0.2, -0.15) is 5.21 Å². The first-order valence-electron chi connectivity index (χ1n) is 19.8. The zero-order valence-corrected chi connectivity index (χ0v) is 33.4. The van der Waals surface area contributed by atoms with Gasteiger partial charge in [-0.15, -0.1) is 10.2 Å². The van der Waals surface area contributed by atoms with Crippen LogP contribution in [-0.2, 0) is 20.7 Å². The summed E-state index contributed by atoms with van der Waals surface area (Å²) in [5.41, 5.74) is 4.56. The van der Waals surface area contributed by atoms with E-state index >= 15 is 0 Å². The number of piperidine rings is 1. The number of aromatic nitrogens is 5. The number of benzene rings is 2. The summed E-state index contributed by atoms with van der Waals surface area (Å²) in [6.07, 6.45) is 4.52. The molecular weight excluding hydrogens is 725 g/mol. The number of alkyl carbamates (subject to hydrolysis) is 1. The molecule has 5 N–H and O–H groups in total. The van der Waals surface area contributed by atoms with Crippen molar-refractivity contribution >= 4 is 29.5 Å². The van der Waals surface area contributed by atoms with Crippen LogP contribution in [0.15, 0.2) is 60.7 Å². The number of aromatic amines is 1. The maximum Gasteiger partial charge on any atom is 0.407 e. The second-order valence-electron chi connectivity index (χ2n) is 16.2. The van der Waals surface area contributed by atoms with Crippen LogP contribution in [0.1, 0.15) is 81.0 Å². The van der Waals surface area contributed by atoms with Crippen LogP contribution in [0.3, 0.4) is 0 Å². The maximum atomic E-state index is 13.8. The van der Waals surface area contributed by atoms with Gasteiger partial charge in [0.05, 0.1) is 0 Å². The van der Waals surface area contributed by atoms with Gasteiger partial charge in [0, 0.05) is 47.4 Å². The maximum absolute atomic E-state index is 13.8. The molecular formula is C42H54N10O5. The zero-order chi connectivity index (χ0) is 40.5. The van der Waals surface area contributed by atoms with Crippen molar-refractivity contribution in [2.45, 2.75) is 90.3 Å². The summed E-state index contributed by atoms with van der Waals surface area (Å²) in [6.45, 7) is 9.78. The molecule has 0 unspecified atom stereocenters. The van der Waals surface area contributed by atoms with Gasteiger partial charge in [-0.3, -0.25) is 14.4 Å². The van der Waals surface area contributed by atoms with Crippen molar-refractivity contribution in [1.82, 2.24) is 46.5 Å². The molecule has 0 radical (unpaired) electrons. The van der Waals surface area contributed by atoms with Crippen LogP contribution in [0.5, 0.6) is 0 Å². The van der Waals surface area contributed by atoms with Crippen LogP contribution < -0.4 is 21.3 Å². The first kappa shape index (κ1) is 40.9. The Hall–Kier alpha value is -5.70. The molecule has 15 heteroatoms. The number of aryl methyl sites for hydroxylation is 1. The summed E-state index contributed by atoms with van der Waals surface area (Å²) in [6, 6.07) is 17.9. The SMILES string of the molecule is Cc1nc(C(=O)NC2CCN(C)CC2)ccc1-c1ccc(C[C@H](NC(=O)C2CCC(CNC(=O)OC(C)(C)C)CC2)C(=O)Nc2ccc(-c3nn[nH]n3)cc2)cc1. The van der Waals surface area contributed by atoms with E-state index in [0.717, 1.165) is 66.7 Å². The molecule has 4 amide bonds. The van der Waals surface area contributed by atoms with Crippen LogP contribution in [0.25, 0.3) is 22.5 Å². The average Bonchev–Trinajstić information content (AvgIpc) is 3.73. The number of carbonyl (C=O) groups is 4. The molecule has 1 aliphatic carbocycles. The Kier molecular flexibility index (Phi) is 13.3. The number of hydrogen-bond acceptors (Lipinski definition) is 10. The average molecular weight is 779 g/mol. The molecule has 3 heterocycles. The number of carbonyl (C=O) groups excluding carboxylic acids is 4.